The van der Waals surface area contributed by atoms with Crippen LogP contribution in [0.25, 0.3) is 0 Å². The van der Waals surface area contributed by atoms with Crippen LogP contribution in [0.3, 0.4) is 0 Å². The van der Waals surface area contributed by atoms with Gasteiger partial charge in [-0.3, -0.25) is 14.5 Å². The molecule has 1 saturated heterocycles. The zero-order chi connectivity index (χ0) is 20.1. The number of rotatable bonds is 6. The number of hydrogen-bond donors (Lipinski definition) is 2. The van der Waals surface area contributed by atoms with Gasteiger partial charge in [-0.2, -0.15) is 0 Å². The number of carbonyl (C=O) groups is 2. The van der Waals surface area contributed by atoms with Gasteiger partial charge in [0.1, 0.15) is 5.76 Å². The highest BCUT2D eigenvalue weighted by atomic mass is 16.4. The molecular formula is C21H28N4O3. The van der Waals surface area contributed by atoms with Crippen molar-refractivity contribution in [2.75, 3.05) is 25.0 Å². The predicted octanol–water partition coefficient (Wildman–Crippen LogP) is 2.89. The average molecular weight is 384 g/mol. The van der Waals surface area contributed by atoms with Crippen molar-refractivity contribution < 1.29 is 14.0 Å². The number of nitrogens with one attached hydrogen (secondary N) is 2. The van der Waals surface area contributed by atoms with Crippen LogP contribution in [0.15, 0.2) is 28.7 Å². The molecule has 1 aromatic carbocycles. The molecule has 1 aromatic heterocycles. The van der Waals surface area contributed by atoms with E-state index in [0.29, 0.717) is 23.7 Å². The zero-order valence-electron chi connectivity index (χ0n) is 16.7. The number of carbonyl (C=O) groups excluding carboxylic acids is 2. The standard InChI is InChI=1S/C21H28N4O3/c1-14-15(2)28-20(23-14)13-25-10-8-17(9-11-25)12-22-21(27)18-4-6-19(7-5-18)24-16(3)26/h4-7,17H,8-13H2,1-3H3,(H,22,27)(H,24,26). The molecule has 7 heteroatoms. The summed E-state index contributed by atoms with van der Waals surface area (Å²) in [5, 5.41) is 5.72. The maximum Gasteiger partial charge on any atom is 0.251 e. The highest BCUT2D eigenvalue weighted by Crippen LogP contribution is 2.19. The van der Waals surface area contributed by atoms with Crippen LogP contribution in [0.4, 0.5) is 5.69 Å². The number of piperidine rings is 1. The van der Waals surface area contributed by atoms with E-state index in [1.54, 1.807) is 24.3 Å². The Labute approximate surface area is 165 Å². The summed E-state index contributed by atoms with van der Waals surface area (Å²) in [6.45, 7) is 8.74. The first kappa shape index (κ1) is 20.1. The number of benzene rings is 1. The SMILES string of the molecule is CC(=O)Nc1ccc(C(=O)NCC2CCN(Cc3nc(C)c(C)o3)CC2)cc1. The molecule has 0 aliphatic carbocycles. The van der Waals surface area contributed by atoms with Crippen molar-refractivity contribution in [3.8, 4) is 0 Å². The molecular weight excluding hydrogens is 356 g/mol. The molecule has 0 saturated carbocycles. The summed E-state index contributed by atoms with van der Waals surface area (Å²) < 4.78 is 5.67. The number of aromatic nitrogens is 1. The van der Waals surface area contributed by atoms with Crippen LogP contribution in [0.5, 0.6) is 0 Å². The minimum absolute atomic E-state index is 0.0810. The molecule has 1 aliphatic heterocycles. The summed E-state index contributed by atoms with van der Waals surface area (Å²) in [6.07, 6.45) is 2.08. The Balaban J connectivity index is 1.41. The lowest BCUT2D eigenvalue weighted by molar-refractivity contribution is -0.114. The van der Waals surface area contributed by atoms with E-state index in [-0.39, 0.29) is 11.8 Å². The number of oxazole rings is 1. The summed E-state index contributed by atoms with van der Waals surface area (Å²) in [5.41, 5.74) is 2.24. The largest absolute Gasteiger partial charge is 0.444 e. The topological polar surface area (TPSA) is 87.5 Å². The Morgan fingerprint density at radius 2 is 1.86 bits per heavy atom. The number of nitrogens with zero attached hydrogens (tertiary/aromatic N) is 2. The Morgan fingerprint density at radius 1 is 1.18 bits per heavy atom. The number of likely N-dealkylation sites (tertiary alicyclic amines) is 1. The van der Waals surface area contributed by atoms with Crippen LogP contribution in [0, 0.1) is 19.8 Å². The second kappa shape index (κ2) is 9.01. The lowest BCUT2D eigenvalue weighted by atomic mass is 9.96. The van der Waals surface area contributed by atoms with Crippen LogP contribution >= 0.6 is 0 Å². The molecule has 0 atom stereocenters. The fourth-order valence-corrected chi connectivity index (χ4v) is 3.39. The van der Waals surface area contributed by atoms with Crippen molar-refractivity contribution >= 4 is 17.5 Å². The molecule has 0 unspecified atom stereocenters. The van der Waals surface area contributed by atoms with Gasteiger partial charge in [0.2, 0.25) is 11.8 Å². The summed E-state index contributed by atoms with van der Waals surface area (Å²) in [5.74, 6) is 1.94. The van der Waals surface area contributed by atoms with Gasteiger partial charge in [0.05, 0.1) is 12.2 Å². The molecule has 28 heavy (non-hydrogen) atoms. The highest BCUT2D eigenvalue weighted by Gasteiger charge is 2.21. The third-order valence-electron chi connectivity index (χ3n) is 5.16. The normalized spacial score (nSPS) is 15.4. The van der Waals surface area contributed by atoms with Crippen molar-refractivity contribution in [1.82, 2.24) is 15.2 Å². The summed E-state index contributed by atoms with van der Waals surface area (Å²) in [4.78, 5) is 30.2. The van der Waals surface area contributed by atoms with Crippen LogP contribution in [0.2, 0.25) is 0 Å². The fraction of sp³-hybridized carbons (Fsp3) is 0.476. The molecule has 2 aromatic rings. The Morgan fingerprint density at radius 3 is 2.43 bits per heavy atom. The van der Waals surface area contributed by atoms with E-state index in [4.69, 9.17) is 4.42 Å². The van der Waals surface area contributed by atoms with Crippen LogP contribution < -0.4 is 10.6 Å². The molecule has 1 aliphatic rings. The van der Waals surface area contributed by atoms with Crippen LogP contribution in [0.1, 0.15) is 47.5 Å². The van der Waals surface area contributed by atoms with E-state index < -0.39 is 0 Å². The Kier molecular flexibility index (Phi) is 6.46. The number of amides is 2. The number of anilines is 1. The second-order valence-corrected chi connectivity index (χ2v) is 7.44. The Hall–Kier alpha value is -2.67. The van der Waals surface area contributed by atoms with Crippen molar-refractivity contribution in [3.63, 3.8) is 0 Å². The van der Waals surface area contributed by atoms with Gasteiger partial charge < -0.3 is 15.1 Å². The summed E-state index contributed by atoms with van der Waals surface area (Å²) >= 11 is 0. The lowest BCUT2D eigenvalue weighted by Gasteiger charge is -2.31. The molecule has 1 fully saturated rings. The lowest BCUT2D eigenvalue weighted by Crippen LogP contribution is -2.38. The Bertz CT molecular complexity index is 801. The number of aryl methyl sites for hydroxylation is 2. The van der Waals surface area contributed by atoms with Crippen molar-refractivity contribution in [2.24, 2.45) is 5.92 Å². The van der Waals surface area contributed by atoms with E-state index in [9.17, 15) is 9.59 Å². The fourth-order valence-electron chi connectivity index (χ4n) is 3.39. The van der Waals surface area contributed by atoms with E-state index in [0.717, 1.165) is 49.8 Å². The number of hydrogen-bond acceptors (Lipinski definition) is 5. The van der Waals surface area contributed by atoms with Gasteiger partial charge in [0, 0.05) is 24.7 Å². The molecule has 150 valence electrons. The molecule has 2 heterocycles. The molecule has 2 amide bonds. The van der Waals surface area contributed by atoms with Crippen molar-refractivity contribution in [3.05, 3.63) is 47.2 Å². The molecule has 0 bridgehead atoms. The maximum absolute atomic E-state index is 12.3. The van der Waals surface area contributed by atoms with Gasteiger partial charge in [-0.05, 0) is 70.0 Å². The third-order valence-corrected chi connectivity index (χ3v) is 5.16. The summed E-state index contributed by atoms with van der Waals surface area (Å²) in [6, 6.07) is 6.93. The average Bonchev–Trinajstić information content (AvgIpc) is 2.98. The van der Waals surface area contributed by atoms with E-state index >= 15 is 0 Å². The summed E-state index contributed by atoms with van der Waals surface area (Å²) in [7, 11) is 0. The van der Waals surface area contributed by atoms with E-state index in [2.05, 4.69) is 20.5 Å². The monoisotopic (exact) mass is 384 g/mol. The molecule has 0 radical (unpaired) electrons. The van der Waals surface area contributed by atoms with Crippen LogP contribution in [-0.4, -0.2) is 41.3 Å². The van der Waals surface area contributed by atoms with Gasteiger partial charge in [-0.1, -0.05) is 0 Å². The first-order valence-electron chi connectivity index (χ1n) is 9.72. The van der Waals surface area contributed by atoms with Gasteiger partial charge >= 0.3 is 0 Å². The minimum Gasteiger partial charge on any atom is -0.444 e. The van der Waals surface area contributed by atoms with Crippen molar-refractivity contribution in [2.45, 2.75) is 40.2 Å². The van der Waals surface area contributed by atoms with Gasteiger partial charge in [-0.15, -0.1) is 0 Å². The minimum atomic E-state index is -0.128. The second-order valence-electron chi connectivity index (χ2n) is 7.44. The molecule has 7 nitrogen and oxygen atoms in total. The van der Waals surface area contributed by atoms with E-state index in [1.165, 1.54) is 6.92 Å². The third kappa shape index (κ3) is 5.42. The van der Waals surface area contributed by atoms with Gasteiger partial charge in [0.15, 0.2) is 0 Å². The quantitative estimate of drug-likeness (QED) is 0.800. The smallest absolute Gasteiger partial charge is 0.251 e. The van der Waals surface area contributed by atoms with Crippen LogP contribution in [-0.2, 0) is 11.3 Å². The van der Waals surface area contributed by atoms with Gasteiger partial charge in [-0.25, -0.2) is 4.98 Å². The molecule has 2 N–H and O–H groups in total. The molecule has 0 spiro atoms. The van der Waals surface area contributed by atoms with Gasteiger partial charge in [0.25, 0.3) is 5.91 Å². The van der Waals surface area contributed by atoms with E-state index in [1.807, 2.05) is 13.8 Å². The zero-order valence-corrected chi connectivity index (χ0v) is 16.7. The van der Waals surface area contributed by atoms with Crippen molar-refractivity contribution in [1.29, 1.82) is 0 Å². The highest BCUT2D eigenvalue weighted by molar-refractivity contribution is 5.95. The first-order valence-corrected chi connectivity index (χ1v) is 9.72. The first-order chi connectivity index (χ1) is 13.4. The predicted molar refractivity (Wildman–Crippen MR) is 107 cm³/mol. The maximum atomic E-state index is 12.3. The molecule has 3 rings (SSSR count).